The Hall–Kier alpha value is -2.83. The number of hydrogen-bond donors (Lipinski definition) is 1. The summed E-state index contributed by atoms with van der Waals surface area (Å²) in [6.07, 6.45) is 1.98. The van der Waals surface area contributed by atoms with Crippen LogP contribution in [0.5, 0.6) is 5.75 Å². The smallest absolute Gasteiger partial charge is 0.271 e. The third-order valence-electron chi connectivity index (χ3n) is 4.24. The molecule has 0 saturated carbocycles. The first-order valence-electron chi connectivity index (χ1n) is 7.63. The van der Waals surface area contributed by atoms with E-state index in [0.29, 0.717) is 23.6 Å². The molecule has 2 heterocycles. The summed E-state index contributed by atoms with van der Waals surface area (Å²) < 4.78 is 7.05. The summed E-state index contributed by atoms with van der Waals surface area (Å²) >= 11 is 0. The van der Waals surface area contributed by atoms with Gasteiger partial charge in [-0.25, -0.2) is 0 Å². The molecular formula is C17H20N4O3. The molecule has 3 rings (SSSR count). The van der Waals surface area contributed by atoms with Gasteiger partial charge in [0.2, 0.25) is 5.60 Å². The minimum absolute atomic E-state index is 0.257. The Labute approximate surface area is 140 Å². The minimum atomic E-state index is -1.07. The van der Waals surface area contributed by atoms with Crippen molar-refractivity contribution >= 4 is 17.3 Å². The number of hydrogen-bond acceptors (Lipinski definition) is 5. The van der Waals surface area contributed by atoms with E-state index in [0.717, 1.165) is 11.3 Å². The fourth-order valence-electron chi connectivity index (χ4n) is 2.57. The van der Waals surface area contributed by atoms with Gasteiger partial charge < -0.3 is 14.9 Å². The summed E-state index contributed by atoms with van der Waals surface area (Å²) in [4.78, 5) is 18.1. The van der Waals surface area contributed by atoms with Crippen LogP contribution in [0.3, 0.4) is 0 Å². The van der Waals surface area contributed by atoms with Crippen LogP contribution in [-0.4, -0.2) is 34.1 Å². The van der Waals surface area contributed by atoms with E-state index in [-0.39, 0.29) is 5.91 Å². The molecule has 1 N–H and O–H groups in total. The molecule has 7 nitrogen and oxygen atoms in total. The number of carbonyl (C=O) groups excluding carboxylic acids is 1. The summed E-state index contributed by atoms with van der Waals surface area (Å²) in [5.41, 5.74) is 1.98. The molecule has 1 amide bonds. The molecule has 1 aromatic carbocycles. The number of carbonyl (C=O) groups is 1. The number of ether oxygens (including phenoxy) is 1. The van der Waals surface area contributed by atoms with Crippen LogP contribution in [0.1, 0.15) is 24.6 Å². The Kier molecular flexibility index (Phi) is 4.01. The van der Waals surface area contributed by atoms with Crippen LogP contribution in [0.2, 0.25) is 0 Å². The highest BCUT2D eigenvalue weighted by molar-refractivity contribution is 6.09. The number of methoxy groups -OCH3 is 1. The van der Waals surface area contributed by atoms with E-state index >= 15 is 0 Å². The van der Waals surface area contributed by atoms with Gasteiger partial charge in [-0.2, -0.15) is 5.10 Å². The van der Waals surface area contributed by atoms with E-state index in [1.54, 1.807) is 24.9 Å². The van der Waals surface area contributed by atoms with E-state index in [1.807, 2.05) is 38.2 Å². The predicted molar refractivity (Wildman–Crippen MR) is 90.2 cm³/mol. The number of rotatable bonds is 4. The zero-order valence-electron chi connectivity index (χ0n) is 14.2. The molecule has 0 radical (unpaired) electrons. The maximum Gasteiger partial charge on any atom is 0.271 e. The van der Waals surface area contributed by atoms with Crippen LogP contribution in [0.25, 0.3) is 0 Å². The van der Waals surface area contributed by atoms with Gasteiger partial charge in [0, 0.05) is 19.0 Å². The van der Waals surface area contributed by atoms with Gasteiger partial charge in [-0.05, 0) is 26.0 Å². The second kappa shape index (κ2) is 5.99. The first-order chi connectivity index (χ1) is 11.4. The fraction of sp³-hybridized carbons (Fsp3) is 0.353. The number of oxime groups is 1. The second-order valence-electron chi connectivity index (χ2n) is 5.96. The lowest BCUT2D eigenvalue weighted by molar-refractivity contribution is -0.135. The summed E-state index contributed by atoms with van der Waals surface area (Å²) in [5.74, 6) is 0.444. The summed E-state index contributed by atoms with van der Waals surface area (Å²) in [6.45, 7) is 3.61. The maximum atomic E-state index is 12.7. The van der Waals surface area contributed by atoms with E-state index in [1.165, 1.54) is 0 Å². The van der Waals surface area contributed by atoms with Crippen molar-refractivity contribution in [3.63, 3.8) is 0 Å². The zero-order chi connectivity index (χ0) is 17.3. The number of amides is 1. The molecule has 1 atom stereocenters. The van der Waals surface area contributed by atoms with Crippen molar-refractivity contribution in [2.75, 3.05) is 12.4 Å². The largest absolute Gasteiger partial charge is 0.496 e. The molecule has 0 saturated heterocycles. The molecule has 7 heteroatoms. The molecule has 1 aliphatic rings. The molecule has 1 aliphatic heterocycles. The van der Waals surface area contributed by atoms with Gasteiger partial charge in [0.1, 0.15) is 5.75 Å². The minimum Gasteiger partial charge on any atom is -0.496 e. The SMILES string of the molecule is COc1ccccc1C1=NO[C@](C)(C(=O)Nc2cnn(C)c2C)C1. The Balaban J connectivity index is 1.77. The van der Waals surface area contributed by atoms with Crippen molar-refractivity contribution in [3.05, 3.63) is 41.7 Å². The van der Waals surface area contributed by atoms with E-state index in [2.05, 4.69) is 15.6 Å². The summed E-state index contributed by atoms with van der Waals surface area (Å²) in [5, 5.41) is 11.1. The van der Waals surface area contributed by atoms with E-state index in [9.17, 15) is 4.79 Å². The Bertz CT molecular complexity index is 812. The number of aryl methyl sites for hydroxylation is 1. The molecule has 1 aromatic heterocycles. The average molecular weight is 328 g/mol. The number of nitrogens with zero attached hydrogens (tertiary/aromatic N) is 3. The third-order valence-corrected chi connectivity index (χ3v) is 4.24. The number of para-hydroxylation sites is 1. The van der Waals surface area contributed by atoms with Crippen LogP contribution in [0, 0.1) is 6.92 Å². The van der Waals surface area contributed by atoms with E-state index in [4.69, 9.17) is 9.57 Å². The van der Waals surface area contributed by atoms with Crippen LogP contribution in [-0.2, 0) is 16.7 Å². The van der Waals surface area contributed by atoms with Gasteiger partial charge in [-0.15, -0.1) is 0 Å². The van der Waals surface area contributed by atoms with Gasteiger partial charge >= 0.3 is 0 Å². The fourth-order valence-corrected chi connectivity index (χ4v) is 2.57. The van der Waals surface area contributed by atoms with Gasteiger partial charge in [0.25, 0.3) is 5.91 Å². The van der Waals surface area contributed by atoms with Crippen molar-refractivity contribution in [1.82, 2.24) is 9.78 Å². The molecule has 0 bridgehead atoms. The number of anilines is 1. The average Bonchev–Trinajstić information content (AvgIpc) is 3.13. The maximum absolute atomic E-state index is 12.7. The van der Waals surface area contributed by atoms with E-state index < -0.39 is 5.60 Å². The van der Waals surface area contributed by atoms with Crippen LogP contribution in [0.15, 0.2) is 35.6 Å². The lowest BCUT2D eigenvalue weighted by Crippen LogP contribution is -2.40. The van der Waals surface area contributed by atoms with Crippen LogP contribution in [0.4, 0.5) is 5.69 Å². The lowest BCUT2D eigenvalue weighted by Gasteiger charge is -2.20. The van der Waals surface area contributed by atoms with Crippen molar-refractivity contribution in [3.8, 4) is 5.75 Å². The predicted octanol–water partition coefficient (Wildman–Crippen LogP) is 2.26. The van der Waals surface area contributed by atoms with Crippen molar-refractivity contribution < 1.29 is 14.4 Å². The second-order valence-corrected chi connectivity index (χ2v) is 5.96. The Morgan fingerprint density at radius 1 is 1.42 bits per heavy atom. The number of aromatic nitrogens is 2. The van der Waals surface area contributed by atoms with Crippen LogP contribution >= 0.6 is 0 Å². The summed E-state index contributed by atoms with van der Waals surface area (Å²) in [7, 11) is 3.42. The zero-order valence-corrected chi connectivity index (χ0v) is 14.2. The molecular weight excluding hydrogens is 308 g/mol. The van der Waals surface area contributed by atoms with Gasteiger partial charge in [0.05, 0.1) is 30.4 Å². The van der Waals surface area contributed by atoms with Crippen LogP contribution < -0.4 is 10.1 Å². The Morgan fingerprint density at radius 3 is 2.83 bits per heavy atom. The normalized spacial score (nSPS) is 19.6. The lowest BCUT2D eigenvalue weighted by atomic mass is 9.94. The summed E-state index contributed by atoms with van der Waals surface area (Å²) in [6, 6.07) is 7.54. The molecule has 126 valence electrons. The van der Waals surface area contributed by atoms with Gasteiger partial charge in [0.15, 0.2) is 0 Å². The quantitative estimate of drug-likeness (QED) is 0.934. The first-order valence-corrected chi connectivity index (χ1v) is 7.63. The van der Waals surface area contributed by atoms with Gasteiger partial charge in [-0.1, -0.05) is 17.3 Å². The molecule has 0 unspecified atom stereocenters. The van der Waals surface area contributed by atoms with Crippen molar-refractivity contribution in [1.29, 1.82) is 0 Å². The monoisotopic (exact) mass is 328 g/mol. The number of benzene rings is 1. The highest BCUT2D eigenvalue weighted by atomic mass is 16.7. The molecule has 0 fully saturated rings. The topological polar surface area (TPSA) is 77.7 Å². The molecule has 0 aliphatic carbocycles. The third kappa shape index (κ3) is 2.73. The highest BCUT2D eigenvalue weighted by Crippen LogP contribution is 2.31. The highest BCUT2D eigenvalue weighted by Gasteiger charge is 2.43. The van der Waals surface area contributed by atoms with Crippen molar-refractivity contribution in [2.24, 2.45) is 12.2 Å². The number of nitrogens with one attached hydrogen (secondary N) is 1. The first kappa shape index (κ1) is 16.0. The molecule has 0 spiro atoms. The van der Waals surface area contributed by atoms with Gasteiger partial charge in [-0.3, -0.25) is 9.48 Å². The molecule has 2 aromatic rings. The molecule has 24 heavy (non-hydrogen) atoms. The van der Waals surface area contributed by atoms with Crippen molar-refractivity contribution in [2.45, 2.75) is 25.9 Å². The Morgan fingerprint density at radius 2 is 2.17 bits per heavy atom. The standard InChI is InChI=1S/C17H20N4O3/c1-11-14(10-18-21(11)3)19-16(22)17(2)9-13(20-24-17)12-7-5-6-8-15(12)23-4/h5-8,10H,9H2,1-4H3,(H,19,22)/t17-/m0/s1.